The number of hydrogen-bond donors (Lipinski definition) is 1. The Morgan fingerprint density at radius 1 is 1.18 bits per heavy atom. The predicted molar refractivity (Wildman–Crippen MR) is 84.6 cm³/mol. The summed E-state index contributed by atoms with van der Waals surface area (Å²) in [6, 6.07) is 14.9. The first kappa shape index (κ1) is 14.3. The smallest absolute Gasteiger partial charge is 0.355 e. The standard InChI is InChI=1S/C17H17N3O2/c1-11(18)15-16(12-7-4-3-5-8-12)20-13(17(21)22-2)9-6-10-14(20)19-15/h3-11H,18H2,1-2H3. The maximum atomic E-state index is 12.1. The van der Waals surface area contributed by atoms with Crippen LogP contribution in [-0.4, -0.2) is 22.5 Å². The van der Waals surface area contributed by atoms with E-state index in [1.165, 1.54) is 7.11 Å². The van der Waals surface area contributed by atoms with Gasteiger partial charge in [0.05, 0.1) is 18.5 Å². The minimum atomic E-state index is -0.406. The lowest BCUT2D eigenvalue weighted by Gasteiger charge is -2.10. The second kappa shape index (κ2) is 5.61. The average molecular weight is 295 g/mol. The Balaban J connectivity index is 2.41. The van der Waals surface area contributed by atoms with E-state index >= 15 is 0 Å². The Bertz CT molecular complexity index is 823. The summed E-state index contributed by atoms with van der Waals surface area (Å²) in [4.78, 5) is 16.7. The van der Waals surface area contributed by atoms with Crippen molar-refractivity contribution in [1.82, 2.24) is 9.38 Å². The molecule has 3 rings (SSSR count). The zero-order valence-electron chi connectivity index (χ0n) is 12.5. The van der Waals surface area contributed by atoms with Crippen LogP contribution in [-0.2, 0) is 4.74 Å². The molecule has 3 aromatic rings. The molecule has 1 unspecified atom stereocenters. The molecular formula is C17H17N3O2. The van der Waals surface area contributed by atoms with E-state index in [0.29, 0.717) is 11.3 Å². The molecule has 22 heavy (non-hydrogen) atoms. The Morgan fingerprint density at radius 2 is 1.91 bits per heavy atom. The lowest BCUT2D eigenvalue weighted by Crippen LogP contribution is -2.10. The van der Waals surface area contributed by atoms with E-state index in [1.54, 1.807) is 16.5 Å². The fraction of sp³-hybridized carbons (Fsp3) is 0.176. The fourth-order valence-corrected chi connectivity index (χ4v) is 2.57. The molecule has 1 atom stereocenters. The predicted octanol–water partition coefficient (Wildman–Crippen LogP) is 2.81. The summed E-state index contributed by atoms with van der Waals surface area (Å²) < 4.78 is 6.69. The van der Waals surface area contributed by atoms with Crippen LogP contribution in [0.2, 0.25) is 0 Å². The number of pyridine rings is 1. The molecule has 0 amide bonds. The monoisotopic (exact) mass is 295 g/mol. The molecule has 2 heterocycles. The number of nitrogens with zero attached hydrogens (tertiary/aromatic N) is 2. The highest BCUT2D eigenvalue weighted by atomic mass is 16.5. The number of carbonyl (C=O) groups is 1. The number of rotatable bonds is 3. The number of aromatic nitrogens is 2. The topological polar surface area (TPSA) is 69.6 Å². The fourth-order valence-electron chi connectivity index (χ4n) is 2.57. The molecule has 0 aliphatic rings. The van der Waals surface area contributed by atoms with Crippen molar-refractivity contribution in [3.05, 3.63) is 59.9 Å². The number of esters is 1. The molecule has 5 heteroatoms. The molecule has 0 bridgehead atoms. The van der Waals surface area contributed by atoms with Gasteiger partial charge in [-0.15, -0.1) is 0 Å². The first-order valence-corrected chi connectivity index (χ1v) is 7.04. The van der Waals surface area contributed by atoms with Gasteiger partial charge in [0.2, 0.25) is 0 Å². The molecule has 0 aliphatic carbocycles. The molecule has 0 fully saturated rings. The molecule has 0 radical (unpaired) electrons. The van der Waals surface area contributed by atoms with Gasteiger partial charge in [0, 0.05) is 11.6 Å². The largest absolute Gasteiger partial charge is 0.464 e. The Morgan fingerprint density at radius 3 is 2.55 bits per heavy atom. The lowest BCUT2D eigenvalue weighted by molar-refractivity contribution is 0.0592. The Kier molecular flexibility index (Phi) is 3.65. The number of nitrogens with two attached hydrogens (primary N) is 1. The molecule has 112 valence electrons. The van der Waals surface area contributed by atoms with Crippen molar-refractivity contribution in [3.63, 3.8) is 0 Å². The van der Waals surface area contributed by atoms with Crippen LogP contribution in [0, 0.1) is 0 Å². The zero-order valence-corrected chi connectivity index (χ0v) is 12.5. The van der Waals surface area contributed by atoms with Crippen molar-refractivity contribution in [2.24, 2.45) is 5.73 Å². The second-order valence-electron chi connectivity index (χ2n) is 5.10. The lowest BCUT2D eigenvalue weighted by atomic mass is 10.1. The summed E-state index contributed by atoms with van der Waals surface area (Å²) in [5.74, 6) is -0.406. The minimum Gasteiger partial charge on any atom is -0.464 e. The van der Waals surface area contributed by atoms with Gasteiger partial charge in [-0.1, -0.05) is 36.4 Å². The molecule has 5 nitrogen and oxygen atoms in total. The molecule has 0 spiro atoms. The van der Waals surface area contributed by atoms with Gasteiger partial charge in [-0.3, -0.25) is 4.40 Å². The van der Waals surface area contributed by atoms with Gasteiger partial charge in [-0.05, 0) is 19.1 Å². The van der Waals surface area contributed by atoms with Gasteiger partial charge >= 0.3 is 5.97 Å². The number of benzene rings is 1. The summed E-state index contributed by atoms with van der Waals surface area (Å²) in [6.45, 7) is 1.88. The number of methoxy groups -OCH3 is 1. The SMILES string of the molecule is COC(=O)c1cccc2nc(C(C)N)c(-c3ccccc3)n12. The third kappa shape index (κ3) is 2.25. The molecule has 0 saturated heterocycles. The Labute approximate surface area is 128 Å². The van der Waals surface area contributed by atoms with Gasteiger partial charge in [-0.2, -0.15) is 0 Å². The highest BCUT2D eigenvalue weighted by Crippen LogP contribution is 2.29. The number of hydrogen-bond acceptors (Lipinski definition) is 4. The third-order valence-electron chi connectivity index (χ3n) is 3.54. The van der Waals surface area contributed by atoms with Crippen LogP contribution >= 0.6 is 0 Å². The average Bonchev–Trinajstić information content (AvgIpc) is 2.94. The number of imidazole rings is 1. The van der Waals surface area contributed by atoms with Gasteiger partial charge in [0.1, 0.15) is 11.3 Å². The van der Waals surface area contributed by atoms with E-state index in [4.69, 9.17) is 10.5 Å². The van der Waals surface area contributed by atoms with Crippen LogP contribution in [0.1, 0.15) is 29.1 Å². The summed E-state index contributed by atoms with van der Waals surface area (Å²) in [5.41, 5.74) is 9.72. The van der Waals surface area contributed by atoms with Crippen LogP contribution in [0.15, 0.2) is 48.5 Å². The minimum absolute atomic E-state index is 0.249. The summed E-state index contributed by atoms with van der Waals surface area (Å²) >= 11 is 0. The van der Waals surface area contributed by atoms with Crippen LogP contribution in [0.5, 0.6) is 0 Å². The van der Waals surface area contributed by atoms with E-state index in [-0.39, 0.29) is 6.04 Å². The van der Waals surface area contributed by atoms with Crippen molar-refractivity contribution in [1.29, 1.82) is 0 Å². The zero-order chi connectivity index (χ0) is 15.7. The molecule has 2 N–H and O–H groups in total. The summed E-state index contributed by atoms with van der Waals surface area (Å²) in [5, 5.41) is 0. The first-order valence-electron chi connectivity index (χ1n) is 7.04. The highest BCUT2D eigenvalue weighted by molar-refractivity contribution is 5.89. The third-order valence-corrected chi connectivity index (χ3v) is 3.54. The van der Waals surface area contributed by atoms with Gasteiger partial charge in [0.25, 0.3) is 0 Å². The molecule has 0 aliphatic heterocycles. The van der Waals surface area contributed by atoms with Crippen molar-refractivity contribution in [3.8, 4) is 11.3 Å². The number of fused-ring (bicyclic) bond motifs is 1. The quantitative estimate of drug-likeness (QED) is 0.754. The summed E-state index contributed by atoms with van der Waals surface area (Å²) in [6.07, 6.45) is 0. The van der Waals surface area contributed by atoms with E-state index in [2.05, 4.69) is 4.98 Å². The van der Waals surface area contributed by atoms with E-state index in [0.717, 1.165) is 17.0 Å². The second-order valence-corrected chi connectivity index (χ2v) is 5.10. The first-order chi connectivity index (χ1) is 10.6. The molecule has 0 saturated carbocycles. The number of ether oxygens (including phenoxy) is 1. The molecule has 2 aromatic heterocycles. The number of carbonyl (C=O) groups excluding carboxylic acids is 1. The van der Waals surface area contributed by atoms with Gasteiger partial charge in [0.15, 0.2) is 0 Å². The maximum absolute atomic E-state index is 12.1. The van der Waals surface area contributed by atoms with Crippen LogP contribution < -0.4 is 5.73 Å². The summed E-state index contributed by atoms with van der Waals surface area (Å²) in [7, 11) is 1.37. The van der Waals surface area contributed by atoms with Crippen molar-refractivity contribution in [2.75, 3.05) is 7.11 Å². The molecular weight excluding hydrogens is 278 g/mol. The molecule has 1 aromatic carbocycles. The van der Waals surface area contributed by atoms with Gasteiger partial charge < -0.3 is 10.5 Å². The normalized spacial score (nSPS) is 12.3. The van der Waals surface area contributed by atoms with Crippen molar-refractivity contribution >= 4 is 11.6 Å². The highest BCUT2D eigenvalue weighted by Gasteiger charge is 2.21. The van der Waals surface area contributed by atoms with E-state index < -0.39 is 5.97 Å². The van der Waals surface area contributed by atoms with Crippen LogP contribution in [0.4, 0.5) is 0 Å². The van der Waals surface area contributed by atoms with Crippen LogP contribution in [0.3, 0.4) is 0 Å². The van der Waals surface area contributed by atoms with Crippen LogP contribution in [0.25, 0.3) is 16.9 Å². The maximum Gasteiger partial charge on any atom is 0.355 e. The van der Waals surface area contributed by atoms with Crippen molar-refractivity contribution < 1.29 is 9.53 Å². The van der Waals surface area contributed by atoms with E-state index in [9.17, 15) is 4.79 Å². The Hall–Kier alpha value is -2.66. The van der Waals surface area contributed by atoms with Gasteiger partial charge in [-0.25, -0.2) is 9.78 Å². The van der Waals surface area contributed by atoms with E-state index in [1.807, 2.05) is 43.3 Å². The van der Waals surface area contributed by atoms with Crippen molar-refractivity contribution in [2.45, 2.75) is 13.0 Å².